The van der Waals surface area contributed by atoms with Gasteiger partial charge in [-0.25, -0.2) is 4.68 Å². The zero-order valence-corrected chi connectivity index (χ0v) is 12.9. The van der Waals surface area contributed by atoms with Crippen LogP contribution in [-0.4, -0.2) is 38.1 Å². The molecule has 1 fully saturated rings. The molecule has 1 amide bonds. The molecule has 120 valence electrons. The normalized spacial score (nSPS) is 17.0. The van der Waals surface area contributed by atoms with E-state index in [0.717, 1.165) is 37.9 Å². The van der Waals surface area contributed by atoms with Gasteiger partial charge in [-0.15, -0.1) is 0 Å². The number of carbonyl (C=O) groups is 1. The Labute approximate surface area is 132 Å². The molecular formula is C16H18N4O3. The number of likely N-dealkylation sites (tertiary alicyclic amines) is 1. The molecule has 7 nitrogen and oxygen atoms in total. The van der Waals surface area contributed by atoms with Crippen LogP contribution in [0.1, 0.15) is 32.2 Å². The highest BCUT2D eigenvalue weighted by molar-refractivity contribution is 5.82. The third kappa shape index (κ3) is 2.15. The zero-order chi connectivity index (χ0) is 16.0. The third-order valence-electron chi connectivity index (χ3n) is 4.57. The number of rotatable bonds is 2. The number of hydrogen-bond donors (Lipinski definition) is 0. The Morgan fingerprint density at radius 2 is 2.04 bits per heavy atom. The van der Waals surface area contributed by atoms with Crippen molar-refractivity contribution in [2.45, 2.75) is 32.2 Å². The van der Waals surface area contributed by atoms with Gasteiger partial charge in [-0.05, 0) is 26.2 Å². The van der Waals surface area contributed by atoms with Crippen molar-refractivity contribution in [2.75, 3.05) is 13.1 Å². The molecule has 1 unspecified atom stereocenters. The molecule has 4 rings (SSSR count). The van der Waals surface area contributed by atoms with Crippen LogP contribution < -0.4 is 5.56 Å². The lowest BCUT2D eigenvalue weighted by atomic mass is 10.1. The minimum absolute atomic E-state index is 0.0427. The molecule has 0 N–H and O–H groups in total. The van der Waals surface area contributed by atoms with E-state index in [0.29, 0.717) is 11.1 Å². The second kappa shape index (κ2) is 5.26. The summed E-state index contributed by atoms with van der Waals surface area (Å²) in [6.07, 6.45) is 6.34. The van der Waals surface area contributed by atoms with Crippen molar-refractivity contribution < 1.29 is 9.21 Å². The first-order valence-corrected chi connectivity index (χ1v) is 7.91. The molecule has 3 aromatic rings. The molecule has 1 aliphatic heterocycles. The van der Waals surface area contributed by atoms with Gasteiger partial charge in [-0.3, -0.25) is 14.0 Å². The fourth-order valence-corrected chi connectivity index (χ4v) is 3.27. The van der Waals surface area contributed by atoms with E-state index in [9.17, 15) is 9.59 Å². The minimum atomic E-state index is -0.605. The highest BCUT2D eigenvalue weighted by atomic mass is 16.3. The summed E-state index contributed by atoms with van der Waals surface area (Å²) >= 11 is 0. The Kier molecular flexibility index (Phi) is 3.21. The summed E-state index contributed by atoms with van der Waals surface area (Å²) in [5.41, 5.74) is 1.62. The molecule has 4 heterocycles. The monoisotopic (exact) mass is 314 g/mol. The average Bonchev–Trinajstić information content (AvgIpc) is 3.16. The van der Waals surface area contributed by atoms with Gasteiger partial charge in [-0.1, -0.05) is 0 Å². The van der Waals surface area contributed by atoms with Gasteiger partial charge in [0.25, 0.3) is 5.56 Å². The summed E-state index contributed by atoms with van der Waals surface area (Å²) in [5, 5.41) is 4.20. The molecule has 0 aliphatic carbocycles. The average molecular weight is 314 g/mol. The van der Waals surface area contributed by atoms with E-state index in [2.05, 4.69) is 5.10 Å². The smallest absolute Gasteiger partial charge is 0.291 e. The van der Waals surface area contributed by atoms with Gasteiger partial charge in [0.05, 0.1) is 11.8 Å². The lowest BCUT2D eigenvalue weighted by molar-refractivity contribution is -0.135. The van der Waals surface area contributed by atoms with Crippen molar-refractivity contribution in [1.82, 2.24) is 19.1 Å². The Hall–Kier alpha value is -2.57. The maximum absolute atomic E-state index is 12.7. The maximum atomic E-state index is 12.7. The number of piperidine rings is 1. The van der Waals surface area contributed by atoms with E-state index in [1.54, 1.807) is 36.0 Å². The third-order valence-corrected chi connectivity index (χ3v) is 4.57. The van der Waals surface area contributed by atoms with Crippen LogP contribution in [0.5, 0.6) is 0 Å². The van der Waals surface area contributed by atoms with Crippen molar-refractivity contribution in [1.29, 1.82) is 0 Å². The number of furan rings is 1. The standard InChI is InChI=1S/C16H18N4O3/c1-11(15(21)18-6-3-2-4-7-18)20-16(22)13-9-14-12(5-8-23-14)19(13)10-17-20/h5,8-11H,2-4,6-7H2,1H3. The number of amides is 1. The lowest BCUT2D eigenvalue weighted by Gasteiger charge is -2.29. The Balaban J connectivity index is 1.74. The summed E-state index contributed by atoms with van der Waals surface area (Å²) < 4.78 is 8.29. The van der Waals surface area contributed by atoms with Crippen LogP contribution in [0.15, 0.2) is 33.9 Å². The first-order valence-electron chi connectivity index (χ1n) is 7.91. The SMILES string of the molecule is CC(C(=O)N1CCCCC1)n1ncn2c(cc3occc32)c1=O. The van der Waals surface area contributed by atoms with Gasteiger partial charge in [0, 0.05) is 25.2 Å². The van der Waals surface area contributed by atoms with Crippen LogP contribution in [0.3, 0.4) is 0 Å². The van der Waals surface area contributed by atoms with Crippen LogP contribution in [0.25, 0.3) is 16.6 Å². The summed E-state index contributed by atoms with van der Waals surface area (Å²) in [5.74, 6) is -0.0427. The van der Waals surface area contributed by atoms with Crippen molar-refractivity contribution >= 4 is 22.5 Å². The van der Waals surface area contributed by atoms with E-state index in [4.69, 9.17) is 4.42 Å². The van der Waals surface area contributed by atoms with Gasteiger partial charge in [0.2, 0.25) is 5.91 Å². The van der Waals surface area contributed by atoms with Crippen LogP contribution in [0, 0.1) is 0 Å². The van der Waals surface area contributed by atoms with Gasteiger partial charge in [0.1, 0.15) is 17.9 Å². The minimum Gasteiger partial charge on any atom is -0.463 e. The van der Waals surface area contributed by atoms with Crippen molar-refractivity contribution in [3.63, 3.8) is 0 Å². The molecule has 0 aromatic carbocycles. The number of fused-ring (bicyclic) bond motifs is 3. The number of nitrogens with zero attached hydrogens (tertiary/aromatic N) is 4. The van der Waals surface area contributed by atoms with Crippen molar-refractivity contribution in [2.24, 2.45) is 0 Å². The first-order chi connectivity index (χ1) is 11.2. The molecular weight excluding hydrogens is 296 g/mol. The second-order valence-corrected chi connectivity index (χ2v) is 6.01. The van der Waals surface area contributed by atoms with E-state index in [-0.39, 0.29) is 11.5 Å². The number of carbonyl (C=O) groups excluding carboxylic acids is 1. The molecule has 7 heteroatoms. The Bertz CT molecular complexity index is 930. The van der Waals surface area contributed by atoms with E-state index in [1.165, 1.54) is 4.68 Å². The lowest BCUT2D eigenvalue weighted by Crippen LogP contribution is -2.42. The van der Waals surface area contributed by atoms with Crippen molar-refractivity contribution in [3.05, 3.63) is 35.1 Å². The molecule has 23 heavy (non-hydrogen) atoms. The molecule has 0 spiro atoms. The quantitative estimate of drug-likeness (QED) is 0.723. The Morgan fingerprint density at radius 1 is 1.26 bits per heavy atom. The largest absolute Gasteiger partial charge is 0.463 e. The fourth-order valence-electron chi connectivity index (χ4n) is 3.27. The van der Waals surface area contributed by atoms with Crippen LogP contribution >= 0.6 is 0 Å². The summed E-state index contributed by atoms with van der Waals surface area (Å²) in [4.78, 5) is 27.1. The molecule has 0 radical (unpaired) electrons. The van der Waals surface area contributed by atoms with Crippen LogP contribution in [-0.2, 0) is 4.79 Å². The molecule has 1 aliphatic rings. The highest BCUT2D eigenvalue weighted by Gasteiger charge is 2.25. The van der Waals surface area contributed by atoms with Crippen LogP contribution in [0.4, 0.5) is 0 Å². The summed E-state index contributed by atoms with van der Waals surface area (Å²) in [6, 6.07) is 2.87. The Morgan fingerprint density at radius 3 is 2.83 bits per heavy atom. The molecule has 0 bridgehead atoms. The predicted molar refractivity (Wildman–Crippen MR) is 84.4 cm³/mol. The van der Waals surface area contributed by atoms with E-state index < -0.39 is 6.04 Å². The molecule has 1 atom stereocenters. The molecule has 1 saturated heterocycles. The van der Waals surface area contributed by atoms with Gasteiger partial charge in [0.15, 0.2) is 5.58 Å². The van der Waals surface area contributed by atoms with Gasteiger partial charge >= 0.3 is 0 Å². The van der Waals surface area contributed by atoms with E-state index in [1.807, 2.05) is 4.90 Å². The first kappa shape index (κ1) is 14.0. The second-order valence-electron chi connectivity index (χ2n) is 6.01. The highest BCUT2D eigenvalue weighted by Crippen LogP contribution is 2.19. The number of hydrogen-bond acceptors (Lipinski definition) is 4. The topological polar surface area (TPSA) is 72.8 Å². The maximum Gasteiger partial charge on any atom is 0.291 e. The van der Waals surface area contributed by atoms with Crippen LogP contribution in [0.2, 0.25) is 0 Å². The summed E-state index contributed by atoms with van der Waals surface area (Å²) in [6.45, 7) is 3.26. The van der Waals surface area contributed by atoms with E-state index >= 15 is 0 Å². The fraction of sp³-hybridized carbons (Fsp3) is 0.438. The van der Waals surface area contributed by atoms with Gasteiger partial charge in [-0.2, -0.15) is 5.10 Å². The zero-order valence-electron chi connectivity index (χ0n) is 12.9. The molecule has 0 saturated carbocycles. The van der Waals surface area contributed by atoms with Gasteiger partial charge < -0.3 is 9.32 Å². The number of aromatic nitrogens is 3. The molecule has 3 aromatic heterocycles. The van der Waals surface area contributed by atoms with Crippen molar-refractivity contribution in [3.8, 4) is 0 Å². The summed E-state index contributed by atoms with van der Waals surface area (Å²) in [7, 11) is 0. The predicted octanol–water partition coefficient (Wildman–Crippen LogP) is 1.82.